The maximum absolute atomic E-state index is 11.9. The lowest BCUT2D eigenvalue weighted by Gasteiger charge is -2.20. The first-order valence-corrected chi connectivity index (χ1v) is 7.35. The predicted octanol–water partition coefficient (Wildman–Crippen LogP) is 2.97. The second-order valence-electron chi connectivity index (χ2n) is 6.17. The number of benzene rings is 1. The molecule has 1 amide bonds. The highest BCUT2D eigenvalue weighted by atomic mass is 16.4. The monoisotopic (exact) mass is 291 g/mol. The lowest BCUT2D eigenvalue weighted by atomic mass is 9.93. The maximum Gasteiger partial charge on any atom is 0.310 e. The molecule has 4 heteroatoms. The van der Waals surface area contributed by atoms with Gasteiger partial charge in [0.2, 0.25) is 5.91 Å². The Morgan fingerprint density at radius 3 is 2.29 bits per heavy atom. The van der Waals surface area contributed by atoms with Crippen LogP contribution in [0.15, 0.2) is 24.3 Å². The topological polar surface area (TPSA) is 66.4 Å². The van der Waals surface area contributed by atoms with E-state index in [1.165, 1.54) is 5.56 Å². The number of carbonyl (C=O) groups is 2. The fourth-order valence-corrected chi connectivity index (χ4v) is 1.95. The normalized spacial score (nSPS) is 12.8. The minimum absolute atomic E-state index is 0.114. The molecule has 0 aliphatic rings. The Morgan fingerprint density at radius 2 is 1.81 bits per heavy atom. The van der Waals surface area contributed by atoms with Gasteiger partial charge in [0.15, 0.2) is 0 Å². The van der Waals surface area contributed by atoms with Crippen molar-refractivity contribution < 1.29 is 14.7 Å². The van der Waals surface area contributed by atoms with Crippen molar-refractivity contribution in [1.29, 1.82) is 0 Å². The zero-order valence-electron chi connectivity index (χ0n) is 13.3. The molecule has 0 aliphatic carbocycles. The van der Waals surface area contributed by atoms with Gasteiger partial charge in [-0.15, -0.1) is 0 Å². The molecule has 0 fully saturated rings. The molecule has 0 heterocycles. The van der Waals surface area contributed by atoms with Crippen molar-refractivity contribution in [2.75, 3.05) is 6.54 Å². The van der Waals surface area contributed by atoms with Crippen molar-refractivity contribution in [3.63, 3.8) is 0 Å². The Balaban J connectivity index is 2.52. The number of carbonyl (C=O) groups excluding carboxylic acids is 1. The fraction of sp³-hybridized carbons (Fsp3) is 0.529. The highest BCUT2D eigenvalue weighted by Gasteiger charge is 2.27. The minimum atomic E-state index is -0.943. The Bertz CT molecular complexity index is 491. The summed E-state index contributed by atoms with van der Waals surface area (Å²) in [5.74, 6) is -0.911. The van der Waals surface area contributed by atoms with Gasteiger partial charge < -0.3 is 10.4 Å². The van der Waals surface area contributed by atoms with E-state index < -0.39 is 11.4 Å². The van der Waals surface area contributed by atoms with Crippen LogP contribution < -0.4 is 5.32 Å². The summed E-state index contributed by atoms with van der Waals surface area (Å²) in [6.07, 6.45) is 1.36. The molecule has 0 aromatic heterocycles. The van der Waals surface area contributed by atoms with Crippen LogP contribution in [-0.4, -0.2) is 23.5 Å². The van der Waals surface area contributed by atoms with E-state index in [2.05, 4.69) is 36.5 Å². The van der Waals surface area contributed by atoms with Crippen molar-refractivity contribution in [3.05, 3.63) is 35.4 Å². The average Bonchev–Trinajstić information content (AvgIpc) is 2.45. The van der Waals surface area contributed by atoms with E-state index in [4.69, 9.17) is 5.11 Å². The molecule has 21 heavy (non-hydrogen) atoms. The summed E-state index contributed by atoms with van der Waals surface area (Å²) in [7, 11) is 0. The van der Waals surface area contributed by atoms with Crippen molar-refractivity contribution in [1.82, 2.24) is 5.32 Å². The number of hydrogen-bond donors (Lipinski definition) is 2. The molecule has 116 valence electrons. The molecule has 1 atom stereocenters. The highest BCUT2D eigenvalue weighted by molar-refractivity contribution is 5.79. The molecule has 0 radical (unpaired) electrons. The molecule has 0 bridgehead atoms. The average molecular weight is 291 g/mol. The molecular formula is C17H25NO3. The van der Waals surface area contributed by atoms with Gasteiger partial charge in [0.25, 0.3) is 0 Å². The van der Waals surface area contributed by atoms with E-state index in [1.807, 2.05) is 6.92 Å². The van der Waals surface area contributed by atoms with Crippen LogP contribution in [0.1, 0.15) is 51.2 Å². The summed E-state index contributed by atoms with van der Waals surface area (Å²) < 4.78 is 0. The van der Waals surface area contributed by atoms with E-state index in [0.717, 1.165) is 12.0 Å². The molecule has 0 aliphatic heterocycles. The standard InChI is InChI=1S/C17H25NO3/c1-5-13-6-8-14(9-7-13)12(2)10-15(19)18-11-17(3,4)16(20)21/h6-9,12H,5,10-11H2,1-4H3,(H,18,19)(H,20,21). The smallest absolute Gasteiger partial charge is 0.310 e. The van der Waals surface area contributed by atoms with Gasteiger partial charge in [-0.1, -0.05) is 38.1 Å². The second-order valence-corrected chi connectivity index (χ2v) is 6.17. The molecule has 2 N–H and O–H groups in total. The van der Waals surface area contributed by atoms with Crippen LogP contribution in [0.2, 0.25) is 0 Å². The summed E-state index contributed by atoms with van der Waals surface area (Å²) in [5, 5.41) is 11.7. The minimum Gasteiger partial charge on any atom is -0.481 e. The van der Waals surface area contributed by atoms with Gasteiger partial charge in [-0.2, -0.15) is 0 Å². The van der Waals surface area contributed by atoms with Crippen LogP contribution in [0.5, 0.6) is 0 Å². The molecule has 1 rings (SSSR count). The number of amides is 1. The number of nitrogens with one attached hydrogen (secondary N) is 1. The number of carboxylic acid groups (broad SMARTS) is 1. The largest absolute Gasteiger partial charge is 0.481 e. The zero-order chi connectivity index (χ0) is 16.0. The lowest BCUT2D eigenvalue weighted by molar-refractivity contribution is -0.146. The predicted molar refractivity (Wildman–Crippen MR) is 83.3 cm³/mol. The van der Waals surface area contributed by atoms with E-state index in [1.54, 1.807) is 13.8 Å². The molecule has 0 spiro atoms. The molecule has 4 nitrogen and oxygen atoms in total. The highest BCUT2D eigenvalue weighted by Crippen LogP contribution is 2.20. The van der Waals surface area contributed by atoms with Crippen molar-refractivity contribution in [2.24, 2.45) is 5.41 Å². The van der Waals surface area contributed by atoms with E-state index in [9.17, 15) is 9.59 Å². The number of carboxylic acids is 1. The van der Waals surface area contributed by atoms with Crippen molar-refractivity contribution >= 4 is 11.9 Å². The third kappa shape index (κ3) is 5.21. The fourth-order valence-electron chi connectivity index (χ4n) is 1.95. The van der Waals surface area contributed by atoms with Crippen molar-refractivity contribution in [3.8, 4) is 0 Å². The molecule has 0 saturated heterocycles. The Kier molecular flexibility index (Phi) is 5.94. The van der Waals surface area contributed by atoms with Gasteiger partial charge in [0.1, 0.15) is 0 Å². The summed E-state index contributed by atoms with van der Waals surface area (Å²) >= 11 is 0. The number of aliphatic carboxylic acids is 1. The molecule has 0 saturated carbocycles. The van der Waals surface area contributed by atoms with Gasteiger partial charge in [-0.25, -0.2) is 0 Å². The van der Waals surface area contributed by atoms with Crippen LogP contribution in [0.3, 0.4) is 0 Å². The van der Waals surface area contributed by atoms with Crippen LogP contribution in [0, 0.1) is 5.41 Å². The second kappa shape index (κ2) is 7.25. The molecule has 1 aromatic rings. The van der Waals surface area contributed by atoms with Gasteiger partial charge >= 0.3 is 5.97 Å². The zero-order valence-corrected chi connectivity index (χ0v) is 13.3. The Labute approximate surface area is 126 Å². The number of aryl methyl sites for hydroxylation is 1. The van der Waals surface area contributed by atoms with E-state index >= 15 is 0 Å². The van der Waals surface area contributed by atoms with Crippen LogP contribution >= 0.6 is 0 Å². The van der Waals surface area contributed by atoms with Crippen LogP contribution in [0.25, 0.3) is 0 Å². The quantitative estimate of drug-likeness (QED) is 0.811. The molecule has 1 aromatic carbocycles. The summed E-state index contributed by atoms with van der Waals surface area (Å²) in [6, 6.07) is 8.27. The molecular weight excluding hydrogens is 266 g/mol. The van der Waals surface area contributed by atoms with Gasteiger partial charge in [-0.3, -0.25) is 9.59 Å². The first-order valence-electron chi connectivity index (χ1n) is 7.35. The summed E-state index contributed by atoms with van der Waals surface area (Å²) in [5.41, 5.74) is 1.46. The number of hydrogen-bond acceptors (Lipinski definition) is 2. The molecule has 1 unspecified atom stereocenters. The first-order chi connectivity index (χ1) is 9.76. The van der Waals surface area contributed by atoms with E-state index in [-0.39, 0.29) is 18.4 Å². The van der Waals surface area contributed by atoms with Gasteiger partial charge in [0, 0.05) is 13.0 Å². The maximum atomic E-state index is 11.9. The SMILES string of the molecule is CCc1ccc(C(C)CC(=O)NCC(C)(C)C(=O)O)cc1. The Hall–Kier alpha value is -1.84. The number of rotatable bonds is 7. The summed E-state index contributed by atoms with van der Waals surface area (Å²) in [4.78, 5) is 22.9. The van der Waals surface area contributed by atoms with Gasteiger partial charge in [0.05, 0.1) is 5.41 Å². The lowest BCUT2D eigenvalue weighted by Crippen LogP contribution is -2.39. The van der Waals surface area contributed by atoms with Crippen LogP contribution in [0.4, 0.5) is 0 Å². The summed E-state index contributed by atoms with van der Waals surface area (Å²) in [6.45, 7) is 7.45. The first kappa shape index (κ1) is 17.2. The van der Waals surface area contributed by atoms with Crippen LogP contribution in [-0.2, 0) is 16.0 Å². The Morgan fingerprint density at radius 1 is 1.24 bits per heavy atom. The van der Waals surface area contributed by atoms with Crippen molar-refractivity contribution in [2.45, 2.75) is 46.5 Å². The third-order valence-electron chi connectivity index (χ3n) is 3.76. The third-order valence-corrected chi connectivity index (χ3v) is 3.76. The van der Waals surface area contributed by atoms with Gasteiger partial charge in [-0.05, 0) is 37.3 Å². The van der Waals surface area contributed by atoms with E-state index in [0.29, 0.717) is 6.42 Å².